The lowest BCUT2D eigenvalue weighted by Crippen LogP contribution is -2.22. The van der Waals surface area contributed by atoms with Crippen LogP contribution >= 0.6 is 11.3 Å². The fourth-order valence-corrected chi connectivity index (χ4v) is 2.26. The van der Waals surface area contributed by atoms with Crippen LogP contribution < -0.4 is 5.32 Å². The molecule has 0 atom stereocenters. The molecule has 0 radical (unpaired) electrons. The number of thiazole rings is 1. The molecule has 0 aliphatic heterocycles. The highest BCUT2D eigenvalue weighted by atomic mass is 32.1. The Labute approximate surface area is 104 Å². The molecule has 2 heterocycles. The number of carbonyl (C=O) groups excluding carboxylic acids is 1. The Hall–Kier alpha value is -1.75. The highest BCUT2D eigenvalue weighted by Gasteiger charge is 2.04. The zero-order valence-corrected chi connectivity index (χ0v) is 10.3. The SMILES string of the molecule is CC(=O)NCCc1csc(-c2cccnc2)n1. The van der Waals surface area contributed by atoms with E-state index in [1.54, 1.807) is 23.7 Å². The lowest BCUT2D eigenvalue weighted by atomic mass is 10.3. The summed E-state index contributed by atoms with van der Waals surface area (Å²) < 4.78 is 0. The minimum atomic E-state index is -0.00675. The van der Waals surface area contributed by atoms with Crippen LogP contribution in [-0.4, -0.2) is 22.4 Å². The van der Waals surface area contributed by atoms with Crippen molar-refractivity contribution in [3.8, 4) is 10.6 Å². The Kier molecular flexibility index (Phi) is 3.82. The van der Waals surface area contributed by atoms with Crippen LogP contribution in [0.25, 0.3) is 10.6 Å². The highest BCUT2D eigenvalue weighted by molar-refractivity contribution is 7.13. The molecule has 0 aromatic carbocycles. The number of nitrogens with zero attached hydrogens (tertiary/aromatic N) is 2. The summed E-state index contributed by atoms with van der Waals surface area (Å²) in [5.74, 6) is -0.00675. The maximum atomic E-state index is 10.7. The van der Waals surface area contributed by atoms with E-state index in [1.165, 1.54) is 6.92 Å². The maximum Gasteiger partial charge on any atom is 0.216 e. The molecule has 2 aromatic heterocycles. The molecule has 0 unspecified atom stereocenters. The molecule has 0 fully saturated rings. The van der Waals surface area contributed by atoms with Crippen molar-refractivity contribution in [1.29, 1.82) is 0 Å². The molecule has 2 aromatic rings. The third-order valence-corrected chi connectivity index (χ3v) is 3.16. The van der Waals surface area contributed by atoms with E-state index in [-0.39, 0.29) is 5.91 Å². The molecule has 0 aliphatic rings. The number of carbonyl (C=O) groups is 1. The molecule has 5 heteroatoms. The molecule has 2 rings (SSSR count). The molecule has 4 nitrogen and oxygen atoms in total. The van der Waals surface area contributed by atoms with E-state index in [1.807, 2.05) is 17.5 Å². The van der Waals surface area contributed by atoms with Crippen molar-refractivity contribution in [3.63, 3.8) is 0 Å². The molecule has 88 valence electrons. The van der Waals surface area contributed by atoms with E-state index >= 15 is 0 Å². The van der Waals surface area contributed by atoms with E-state index in [9.17, 15) is 4.79 Å². The van der Waals surface area contributed by atoms with E-state index < -0.39 is 0 Å². The van der Waals surface area contributed by atoms with Gasteiger partial charge >= 0.3 is 0 Å². The number of nitrogens with one attached hydrogen (secondary N) is 1. The monoisotopic (exact) mass is 247 g/mol. The normalized spacial score (nSPS) is 10.2. The lowest BCUT2D eigenvalue weighted by molar-refractivity contribution is -0.118. The van der Waals surface area contributed by atoms with Gasteiger partial charge in [0.2, 0.25) is 5.91 Å². The van der Waals surface area contributed by atoms with E-state index in [0.717, 1.165) is 22.7 Å². The predicted molar refractivity (Wildman–Crippen MR) is 67.7 cm³/mol. The molecule has 1 amide bonds. The van der Waals surface area contributed by atoms with Gasteiger partial charge in [-0.3, -0.25) is 9.78 Å². The maximum absolute atomic E-state index is 10.7. The number of hydrogen-bond donors (Lipinski definition) is 1. The van der Waals surface area contributed by atoms with Crippen LogP contribution in [0.2, 0.25) is 0 Å². The first kappa shape index (κ1) is 11.7. The topological polar surface area (TPSA) is 54.9 Å². The fraction of sp³-hybridized carbons (Fsp3) is 0.250. The van der Waals surface area contributed by atoms with Crippen molar-refractivity contribution >= 4 is 17.2 Å². The number of pyridine rings is 1. The zero-order valence-electron chi connectivity index (χ0n) is 9.51. The number of aromatic nitrogens is 2. The minimum Gasteiger partial charge on any atom is -0.356 e. The second-order valence-corrected chi connectivity index (χ2v) is 4.48. The van der Waals surface area contributed by atoms with Gasteiger partial charge in [0.05, 0.1) is 5.69 Å². The smallest absolute Gasteiger partial charge is 0.216 e. The van der Waals surface area contributed by atoms with Gasteiger partial charge in [0.25, 0.3) is 0 Å². The van der Waals surface area contributed by atoms with Crippen molar-refractivity contribution in [1.82, 2.24) is 15.3 Å². The first-order valence-electron chi connectivity index (χ1n) is 5.35. The van der Waals surface area contributed by atoms with Crippen molar-refractivity contribution in [2.45, 2.75) is 13.3 Å². The van der Waals surface area contributed by atoms with Crippen LogP contribution in [0.3, 0.4) is 0 Å². The van der Waals surface area contributed by atoms with Gasteiger partial charge in [-0.05, 0) is 12.1 Å². The highest BCUT2D eigenvalue weighted by Crippen LogP contribution is 2.22. The van der Waals surface area contributed by atoms with Crippen molar-refractivity contribution < 1.29 is 4.79 Å². The Morgan fingerprint density at radius 2 is 2.41 bits per heavy atom. The van der Waals surface area contributed by atoms with Gasteiger partial charge < -0.3 is 5.32 Å². The summed E-state index contributed by atoms with van der Waals surface area (Å²) in [5.41, 5.74) is 2.03. The Morgan fingerprint density at radius 1 is 1.53 bits per heavy atom. The van der Waals surface area contributed by atoms with Crippen molar-refractivity contribution in [3.05, 3.63) is 35.6 Å². The van der Waals surface area contributed by atoms with Crippen LogP contribution in [0.1, 0.15) is 12.6 Å². The summed E-state index contributed by atoms with van der Waals surface area (Å²) in [5, 5.41) is 5.74. The standard InChI is InChI=1S/C12H13N3OS/c1-9(16)14-6-4-11-8-17-12(15-11)10-3-2-5-13-7-10/h2-3,5,7-8H,4,6H2,1H3,(H,14,16). The summed E-state index contributed by atoms with van der Waals surface area (Å²) in [6.45, 7) is 2.15. The molecule has 0 bridgehead atoms. The van der Waals surface area contributed by atoms with Crippen LogP contribution in [0.15, 0.2) is 29.9 Å². The van der Waals surface area contributed by atoms with Gasteiger partial charge in [0, 0.05) is 43.2 Å². The molecule has 0 spiro atoms. The predicted octanol–water partition coefficient (Wildman–Crippen LogP) is 1.88. The quantitative estimate of drug-likeness (QED) is 0.897. The van der Waals surface area contributed by atoms with E-state index in [2.05, 4.69) is 15.3 Å². The third kappa shape index (κ3) is 3.35. The van der Waals surface area contributed by atoms with Gasteiger partial charge in [-0.2, -0.15) is 0 Å². The largest absolute Gasteiger partial charge is 0.356 e. The van der Waals surface area contributed by atoms with E-state index in [4.69, 9.17) is 0 Å². The number of rotatable bonds is 4. The number of amides is 1. The molecule has 1 N–H and O–H groups in total. The molecule has 0 saturated heterocycles. The first-order chi connectivity index (χ1) is 8.25. The summed E-state index contributed by atoms with van der Waals surface area (Å²) in [7, 11) is 0. The van der Waals surface area contributed by atoms with Crippen LogP contribution in [0.4, 0.5) is 0 Å². The zero-order chi connectivity index (χ0) is 12.1. The summed E-state index contributed by atoms with van der Waals surface area (Å²) in [6.07, 6.45) is 4.31. The summed E-state index contributed by atoms with van der Waals surface area (Å²) in [6, 6.07) is 3.89. The lowest BCUT2D eigenvalue weighted by Gasteiger charge is -1.98. The number of hydrogen-bond acceptors (Lipinski definition) is 4. The van der Waals surface area contributed by atoms with Gasteiger partial charge in [-0.25, -0.2) is 4.98 Å². The van der Waals surface area contributed by atoms with Crippen molar-refractivity contribution in [2.75, 3.05) is 6.54 Å². The second kappa shape index (κ2) is 5.54. The molecule has 0 saturated carbocycles. The average Bonchev–Trinajstić information content (AvgIpc) is 2.78. The first-order valence-corrected chi connectivity index (χ1v) is 6.23. The van der Waals surface area contributed by atoms with Crippen LogP contribution in [0, 0.1) is 0 Å². The van der Waals surface area contributed by atoms with Gasteiger partial charge in [0.1, 0.15) is 5.01 Å². The molecule has 0 aliphatic carbocycles. The van der Waals surface area contributed by atoms with Crippen molar-refractivity contribution in [2.24, 2.45) is 0 Å². The minimum absolute atomic E-state index is 0.00675. The van der Waals surface area contributed by atoms with Gasteiger partial charge in [0.15, 0.2) is 0 Å². The fourth-order valence-electron chi connectivity index (χ4n) is 1.41. The van der Waals surface area contributed by atoms with Crippen LogP contribution in [0.5, 0.6) is 0 Å². The van der Waals surface area contributed by atoms with Gasteiger partial charge in [-0.1, -0.05) is 0 Å². The Bertz CT molecular complexity index is 495. The molecule has 17 heavy (non-hydrogen) atoms. The Balaban J connectivity index is 1.99. The molecular formula is C12H13N3OS. The Morgan fingerprint density at radius 3 is 3.12 bits per heavy atom. The summed E-state index contributed by atoms with van der Waals surface area (Å²) >= 11 is 1.60. The van der Waals surface area contributed by atoms with Crippen LogP contribution in [-0.2, 0) is 11.2 Å². The third-order valence-electron chi connectivity index (χ3n) is 2.22. The average molecular weight is 247 g/mol. The van der Waals surface area contributed by atoms with Gasteiger partial charge in [-0.15, -0.1) is 11.3 Å². The second-order valence-electron chi connectivity index (χ2n) is 3.62. The molecular weight excluding hydrogens is 234 g/mol. The summed E-state index contributed by atoms with van der Waals surface area (Å²) in [4.78, 5) is 19.3. The van der Waals surface area contributed by atoms with E-state index in [0.29, 0.717) is 6.54 Å².